The second-order valence-corrected chi connectivity index (χ2v) is 7.26. The largest absolute Gasteiger partial charge is 0.357 e. The van der Waals surface area contributed by atoms with Gasteiger partial charge in [0.05, 0.1) is 0 Å². The maximum Gasteiger partial charge on any atom is 0.178 e. The molecule has 3 heterocycles. The zero-order chi connectivity index (χ0) is 19.5. The molecule has 1 aliphatic rings. The van der Waals surface area contributed by atoms with E-state index >= 15 is 0 Å². The fourth-order valence-electron chi connectivity index (χ4n) is 4.08. The molecule has 0 spiro atoms. The molecule has 1 atom stereocenters. The monoisotopic (exact) mass is 382 g/mol. The van der Waals surface area contributed by atoms with E-state index in [0.717, 1.165) is 37.3 Å². The van der Waals surface area contributed by atoms with Crippen LogP contribution in [-0.4, -0.2) is 31.7 Å². The smallest absolute Gasteiger partial charge is 0.178 e. The van der Waals surface area contributed by atoms with Gasteiger partial charge in [0.25, 0.3) is 0 Å². The van der Waals surface area contributed by atoms with Crippen LogP contribution in [0.2, 0.25) is 0 Å². The van der Waals surface area contributed by atoms with E-state index in [-0.39, 0.29) is 6.04 Å². The summed E-state index contributed by atoms with van der Waals surface area (Å²) >= 11 is 0. The lowest BCUT2D eigenvalue weighted by Crippen LogP contribution is -2.30. The third-order valence-electron chi connectivity index (χ3n) is 5.49. The standard InChI is InChI=1S/C23H22N6/c1-2-7-18(8-3-1)12-16-29-23(25-26-27-29)22(20-10-6-14-24-17-20)28-15-13-19-9-4-5-11-21(19)28/h1-11,14,17,22H,12-13,15-16H2/t22-/m1/s1. The second-order valence-electron chi connectivity index (χ2n) is 7.26. The van der Waals surface area contributed by atoms with Gasteiger partial charge in [0.2, 0.25) is 0 Å². The van der Waals surface area contributed by atoms with Crippen LogP contribution in [0, 0.1) is 0 Å². The number of rotatable bonds is 6. The molecule has 144 valence electrons. The van der Waals surface area contributed by atoms with Crippen LogP contribution in [0.15, 0.2) is 79.1 Å². The molecule has 5 rings (SSSR count). The van der Waals surface area contributed by atoms with Crippen LogP contribution in [0.4, 0.5) is 5.69 Å². The predicted octanol–water partition coefficient (Wildman–Crippen LogP) is 3.46. The third kappa shape index (κ3) is 3.49. The highest BCUT2D eigenvalue weighted by molar-refractivity contribution is 5.60. The first-order valence-corrected chi connectivity index (χ1v) is 9.94. The molecule has 6 nitrogen and oxygen atoms in total. The molecule has 0 amide bonds. The third-order valence-corrected chi connectivity index (χ3v) is 5.49. The Hall–Kier alpha value is -3.54. The second kappa shape index (κ2) is 7.83. The van der Waals surface area contributed by atoms with E-state index < -0.39 is 0 Å². The summed E-state index contributed by atoms with van der Waals surface area (Å²) in [6, 6.07) is 23.0. The SMILES string of the molecule is c1ccc(CCn2nnnc2[C@@H](c2cccnc2)N2CCc3ccccc32)cc1. The average molecular weight is 382 g/mol. The molecule has 2 aromatic carbocycles. The fraction of sp³-hybridized carbons (Fsp3) is 0.217. The van der Waals surface area contributed by atoms with Crippen molar-refractivity contribution in [2.24, 2.45) is 0 Å². The van der Waals surface area contributed by atoms with Crippen molar-refractivity contribution < 1.29 is 0 Å². The van der Waals surface area contributed by atoms with Crippen molar-refractivity contribution in [2.75, 3.05) is 11.4 Å². The number of anilines is 1. The number of nitrogens with zero attached hydrogens (tertiary/aromatic N) is 6. The molecule has 6 heteroatoms. The molecule has 2 aromatic heterocycles. The molecule has 0 saturated carbocycles. The van der Waals surface area contributed by atoms with Crippen molar-refractivity contribution in [3.05, 3.63) is 102 Å². The summed E-state index contributed by atoms with van der Waals surface area (Å²) in [5.41, 5.74) is 4.99. The highest BCUT2D eigenvalue weighted by Crippen LogP contribution is 2.37. The number of para-hydroxylation sites is 1. The highest BCUT2D eigenvalue weighted by Gasteiger charge is 2.32. The number of tetrazole rings is 1. The van der Waals surface area contributed by atoms with E-state index in [2.05, 4.69) is 80.0 Å². The lowest BCUT2D eigenvalue weighted by molar-refractivity contribution is 0.539. The van der Waals surface area contributed by atoms with E-state index in [1.165, 1.54) is 16.8 Å². The molecule has 4 aromatic rings. The van der Waals surface area contributed by atoms with E-state index in [9.17, 15) is 0 Å². The van der Waals surface area contributed by atoms with E-state index in [4.69, 9.17) is 0 Å². The number of pyridine rings is 1. The maximum absolute atomic E-state index is 4.46. The number of benzene rings is 2. The van der Waals surface area contributed by atoms with Gasteiger partial charge in [0.15, 0.2) is 5.82 Å². The Morgan fingerprint density at radius 2 is 1.79 bits per heavy atom. The van der Waals surface area contributed by atoms with Crippen LogP contribution in [0.25, 0.3) is 0 Å². The van der Waals surface area contributed by atoms with Crippen molar-refractivity contribution in [3.8, 4) is 0 Å². The van der Waals surface area contributed by atoms with Gasteiger partial charge in [-0.05, 0) is 46.5 Å². The summed E-state index contributed by atoms with van der Waals surface area (Å²) in [5.74, 6) is 0.852. The lowest BCUT2D eigenvalue weighted by atomic mass is 10.1. The van der Waals surface area contributed by atoms with Crippen molar-refractivity contribution in [1.29, 1.82) is 0 Å². The van der Waals surface area contributed by atoms with Gasteiger partial charge in [-0.25, -0.2) is 4.68 Å². The summed E-state index contributed by atoms with van der Waals surface area (Å²) < 4.78 is 1.94. The number of aryl methyl sites for hydroxylation is 2. The molecule has 0 unspecified atom stereocenters. The zero-order valence-electron chi connectivity index (χ0n) is 16.1. The molecule has 0 bridgehead atoms. The average Bonchev–Trinajstić information content (AvgIpc) is 3.42. The number of aromatic nitrogens is 5. The van der Waals surface area contributed by atoms with Gasteiger partial charge in [-0.2, -0.15) is 0 Å². The number of hydrogen-bond donors (Lipinski definition) is 0. The molecule has 0 fully saturated rings. The minimum Gasteiger partial charge on any atom is -0.357 e. The van der Waals surface area contributed by atoms with Crippen molar-refractivity contribution in [2.45, 2.75) is 25.4 Å². The van der Waals surface area contributed by atoms with Gasteiger partial charge >= 0.3 is 0 Å². The molecule has 0 radical (unpaired) electrons. The van der Waals surface area contributed by atoms with Crippen LogP contribution in [0.1, 0.15) is 28.6 Å². The molecule has 0 N–H and O–H groups in total. The first-order valence-electron chi connectivity index (χ1n) is 9.94. The summed E-state index contributed by atoms with van der Waals surface area (Å²) in [6.07, 6.45) is 5.63. The molecule has 0 saturated heterocycles. The minimum atomic E-state index is -0.0712. The minimum absolute atomic E-state index is 0.0712. The Morgan fingerprint density at radius 3 is 2.66 bits per heavy atom. The Kier molecular flexibility index (Phi) is 4.74. The number of fused-ring (bicyclic) bond motifs is 1. The Bertz CT molecular complexity index is 1080. The van der Waals surface area contributed by atoms with Gasteiger partial charge in [-0.15, -0.1) is 5.10 Å². The topological polar surface area (TPSA) is 59.7 Å². The van der Waals surface area contributed by atoms with Crippen LogP contribution in [-0.2, 0) is 19.4 Å². The van der Waals surface area contributed by atoms with Gasteiger partial charge in [-0.3, -0.25) is 4.98 Å². The highest BCUT2D eigenvalue weighted by atomic mass is 15.5. The van der Waals surface area contributed by atoms with Gasteiger partial charge in [0, 0.05) is 36.7 Å². The maximum atomic E-state index is 4.46. The zero-order valence-corrected chi connectivity index (χ0v) is 16.1. The first kappa shape index (κ1) is 17.6. The summed E-state index contributed by atoms with van der Waals surface area (Å²) in [7, 11) is 0. The molecular weight excluding hydrogens is 360 g/mol. The Balaban J connectivity index is 1.51. The summed E-state index contributed by atoms with van der Waals surface area (Å²) in [5, 5.41) is 12.8. The van der Waals surface area contributed by atoms with Gasteiger partial charge < -0.3 is 4.90 Å². The summed E-state index contributed by atoms with van der Waals surface area (Å²) in [6.45, 7) is 1.67. The molecule has 0 aliphatic carbocycles. The van der Waals surface area contributed by atoms with Crippen LogP contribution in [0.3, 0.4) is 0 Å². The predicted molar refractivity (Wildman–Crippen MR) is 112 cm³/mol. The van der Waals surface area contributed by atoms with Crippen LogP contribution >= 0.6 is 0 Å². The van der Waals surface area contributed by atoms with E-state index in [1.807, 2.05) is 23.0 Å². The van der Waals surface area contributed by atoms with E-state index in [0.29, 0.717) is 0 Å². The summed E-state index contributed by atoms with van der Waals surface area (Å²) in [4.78, 5) is 6.76. The van der Waals surface area contributed by atoms with Gasteiger partial charge in [0.1, 0.15) is 6.04 Å². The van der Waals surface area contributed by atoms with Gasteiger partial charge in [-0.1, -0.05) is 54.6 Å². The van der Waals surface area contributed by atoms with Crippen LogP contribution in [0.5, 0.6) is 0 Å². The molecule has 1 aliphatic heterocycles. The quantitative estimate of drug-likeness (QED) is 0.511. The lowest BCUT2D eigenvalue weighted by Gasteiger charge is -2.29. The van der Waals surface area contributed by atoms with E-state index in [1.54, 1.807) is 6.20 Å². The fourth-order valence-corrected chi connectivity index (χ4v) is 4.08. The number of hydrogen-bond acceptors (Lipinski definition) is 5. The first-order chi connectivity index (χ1) is 14.4. The Labute approximate surface area is 169 Å². The molecule has 29 heavy (non-hydrogen) atoms. The Morgan fingerprint density at radius 1 is 0.931 bits per heavy atom. The van der Waals surface area contributed by atoms with Crippen LogP contribution < -0.4 is 4.90 Å². The van der Waals surface area contributed by atoms with Crippen molar-refractivity contribution in [1.82, 2.24) is 25.2 Å². The molecular formula is C23H22N6. The van der Waals surface area contributed by atoms with Crippen molar-refractivity contribution >= 4 is 5.69 Å². The van der Waals surface area contributed by atoms with Crippen molar-refractivity contribution in [3.63, 3.8) is 0 Å². The normalized spacial score (nSPS) is 14.0.